The zero-order chi connectivity index (χ0) is 21.9. The van der Waals surface area contributed by atoms with Gasteiger partial charge in [-0.25, -0.2) is 4.79 Å². The van der Waals surface area contributed by atoms with Crippen LogP contribution in [0.2, 0.25) is 0 Å². The highest BCUT2D eigenvalue weighted by Crippen LogP contribution is 2.23. The molecule has 0 atom stereocenters. The normalized spacial score (nSPS) is 15.3. The van der Waals surface area contributed by atoms with Crippen molar-refractivity contribution in [3.63, 3.8) is 0 Å². The lowest BCUT2D eigenvalue weighted by atomic mass is 9.96. The molecule has 1 saturated heterocycles. The number of rotatable bonds is 5. The number of amides is 2. The molecule has 0 saturated carbocycles. The summed E-state index contributed by atoms with van der Waals surface area (Å²) < 4.78 is 12.9. The van der Waals surface area contributed by atoms with Crippen LogP contribution in [0.5, 0.6) is 0 Å². The number of piperidine rings is 1. The minimum atomic E-state index is -0.497. The lowest BCUT2D eigenvalue weighted by molar-refractivity contribution is 0.0500. The molecule has 7 heteroatoms. The number of furan rings is 1. The molecule has 164 valence electrons. The molecule has 0 bridgehead atoms. The van der Waals surface area contributed by atoms with E-state index in [-0.39, 0.29) is 12.0 Å². The van der Waals surface area contributed by atoms with Gasteiger partial charge in [-0.3, -0.25) is 4.79 Å². The van der Waals surface area contributed by atoms with Gasteiger partial charge in [0, 0.05) is 31.0 Å². The molecule has 1 aliphatic rings. The first kappa shape index (κ1) is 22.0. The highest BCUT2D eigenvalue weighted by atomic mass is 16.6. The standard InChI is InChI=1S/C23H33N3O4/c1-16-13-20(17(2)26(16)15-19-7-6-12-29-19)21(27)25-10-8-18(9-11-25)14-24-22(28)30-23(3,4)5/h6-7,12-13,18H,8-11,14-15H2,1-5H3,(H,24,28). The molecule has 0 spiro atoms. The fourth-order valence-electron chi connectivity index (χ4n) is 3.87. The van der Waals surface area contributed by atoms with Crippen molar-refractivity contribution in [3.8, 4) is 0 Å². The number of hydrogen-bond donors (Lipinski definition) is 1. The highest BCUT2D eigenvalue weighted by molar-refractivity contribution is 5.95. The fourth-order valence-corrected chi connectivity index (χ4v) is 3.87. The second-order valence-electron chi connectivity index (χ2n) is 9.07. The monoisotopic (exact) mass is 415 g/mol. The number of alkyl carbamates (subject to hydrolysis) is 1. The predicted octanol–water partition coefficient (Wildman–Crippen LogP) is 4.12. The summed E-state index contributed by atoms with van der Waals surface area (Å²) in [4.78, 5) is 26.9. The Morgan fingerprint density at radius 2 is 1.93 bits per heavy atom. The number of carbonyl (C=O) groups excluding carboxylic acids is 2. The molecule has 2 aromatic heterocycles. The number of aryl methyl sites for hydroxylation is 1. The Kier molecular flexibility index (Phi) is 6.58. The van der Waals surface area contributed by atoms with Crippen LogP contribution in [0.4, 0.5) is 4.79 Å². The number of nitrogens with one attached hydrogen (secondary N) is 1. The van der Waals surface area contributed by atoms with Crippen LogP contribution in [0.15, 0.2) is 28.9 Å². The van der Waals surface area contributed by atoms with Gasteiger partial charge in [0.1, 0.15) is 11.4 Å². The van der Waals surface area contributed by atoms with Gasteiger partial charge >= 0.3 is 6.09 Å². The van der Waals surface area contributed by atoms with Crippen molar-refractivity contribution in [2.75, 3.05) is 19.6 Å². The topological polar surface area (TPSA) is 76.7 Å². The molecule has 7 nitrogen and oxygen atoms in total. The quantitative estimate of drug-likeness (QED) is 0.797. The molecule has 1 N–H and O–H groups in total. The summed E-state index contributed by atoms with van der Waals surface area (Å²) in [5.41, 5.74) is 2.26. The average molecular weight is 416 g/mol. The van der Waals surface area contributed by atoms with Gasteiger partial charge in [-0.15, -0.1) is 0 Å². The van der Waals surface area contributed by atoms with E-state index in [0.717, 1.165) is 35.6 Å². The molecule has 2 aromatic rings. The molecule has 1 fully saturated rings. The third kappa shape index (κ3) is 5.46. The van der Waals surface area contributed by atoms with E-state index in [1.165, 1.54) is 0 Å². The Bertz CT molecular complexity index is 869. The molecule has 3 heterocycles. The Balaban J connectivity index is 1.54. The van der Waals surface area contributed by atoms with Gasteiger partial charge in [-0.2, -0.15) is 0 Å². The highest BCUT2D eigenvalue weighted by Gasteiger charge is 2.27. The lowest BCUT2D eigenvalue weighted by Gasteiger charge is -2.32. The third-order valence-electron chi connectivity index (χ3n) is 5.53. The molecule has 0 aromatic carbocycles. The van der Waals surface area contributed by atoms with Gasteiger partial charge in [0.05, 0.1) is 18.4 Å². The first-order chi connectivity index (χ1) is 14.1. The third-order valence-corrected chi connectivity index (χ3v) is 5.53. The molecule has 0 radical (unpaired) electrons. The summed E-state index contributed by atoms with van der Waals surface area (Å²) in [6.07, 6.45) is 3.02. The Labute approximate surface area is 178 Å². The molecule has 3 rings (SSSR count). The molecule has 2 amide bonds. The van der Waals surface area contributed by atoms with Crippen LogP contribution in [0.25, 0.3) is 0 Å². The summed E-state index contributed by atoms with van der Waals surface area (Å²) in [5.74, 6) is 1.30. The molecule has 30 heavy (non-hydrogen) atoms. The van der Waals surface area contributed by atoms with Crippen LogP contribution in [0, 0.1) is 19.8 Å². The average Bonchev–Trinajstić information content (AvgIpc) is 3.29. The van der Waals surface area contributed by atoms with Gasteiger partial charge < -0.3 is 23.9 Å². The van der Waals surface area contributed by atoms with E-state index < -0.39 is 5.60 Å². The van der Waals surface area contributed by atoms with E-state index in [4.69, 9.17) is 9.15 Å². The SMILES string of the molecule is Cc1cc(C(=O)N2CCC(CNC(=O)OC(C)(C)C)CC2)c(C)n1Cc1ccco1. The second kappa shape index (κ2) is 8.98. The van der Waals surface area contributed by atoms with Crippen LogP contribution in [0.1, 0.15) is 61.1 Å². The van der Waals surface area contributed by atoms with Crippen LogP contribution >= 0.6 is 0 Å². The number of ether oxygens (including phenoxy) is 1. The van der Waals surface area contributed by atoms with Gasteiger partial charge in [-0.1, -0.05) is 0 Å². The summed E-state index contributed by atoms with van der Waals surface area (Å²) in [6, 6.07) is 5.78. The van der Waals surface area contributed by atoms with Crippen molar-refractivity contribution < 1.29 is 18.7 Å². The number of carbonyl (C=O) groups is 2. The summed E-state index contributed by atoms with van der Waals surface area (Å²) in [7, 11) is 0. The fraction of sp³-hybridized carbons (Fsp3) is 0.565. The number of hydrogen-bond acceptors (Lipinski definition) is 4. The minimum Gasteiger partial charge on any atom is -0.467 e. The first-order valence-electron chi connectivity index (χ1n) is 10.6. The molecular weight excluding hydrogens is 382 g/mol. The largest absolute Gasteiger partial charge is 0.467 e. The van der Waals surface area contributed by atoms with Crippen molar-refractivity contribution in [1.82, 2.24) is 14.8 Å². The maximum atomic E-state index is 13.1. The first-order valence-corrected chi connectivity index (χ1v) is 10.6. The molecular formula is C23H33N3O4. The Morgan fingerprint density at radius 1 is 1.23 bits per heavy atom. The smallest absolute Gasteiger partial charge is 0.407 e. The van der Waals surface area contributed by atoms with Gasteiger partial charge in [-0.05, 0) is 71.6 Å². The van der Waals surface area contributed by atoms with Crippen molar-refractivity contribution in [3.05, 3.63) is 47.2 Å². The van der Waals surface area contributed by atoms with Crippen molar-refractivity contribution >= 4 is 12.0 Å². The number of nitrogens with zero attached hydrogens (tertiary/aromatic N) is 2. The van der Waals surface area contributed by atoms with E-state index in [9.17, 15) is 9.59 Å². The van der Waals surface area contributed by atoms with E-state index in [2.05, 4.69) is 9.88 Å². The van der Waals surface area contributed by atoms with Crippen LogP contribution < -0.4 is 5.32 Å². The van der Waals surface area contributed by atoms with Gasteiger partial charge in [0.2, 0.25) is 0 Å². The number of likely N-dealkylation sites (tertiary alicyclic amines) is 1. The van der Waals surface area contributed by atoms with Crippen LogP contribution in [-0.4, -0.2) is 46.7 Å². The van der Waals surface area contributed by atoms with Crippen LogP contribution in [-0.2, 0) is 11.3 Å². The van der Waals surface area contributed by atoms with Gasteiger partial charge in [0.15, 0.2) is 0 Å². The van der Waals surface area contributed by atoms with Gasteiger partial charge in [0.25, 0.3) is 5.91 Å². The van der Waals surface area contributed by atoms with Crippen molar-refractivity contribution in [1.29, 1.82) is 0 Å². The van der Waals surface area contributed by atoms with E-state index in [0.29, 0.717) is 32.1 Å². The van der Waals surface area contributed by atoms with E-state index in [1.54, 1.807) is 6.26 Å². The maximum Gasteiger partial charge on any atom is 0.407 e. The molecule has 0 unspecified atom stereocenters. The summed E-state index contributed by atoms with van der Waals surface area (Å²) >= 11 is 0. The zero-order valence-electron chi connectivity index (χ0n) is 18.7. The van der Waals surface area contributed by atoms with E-state index in [1.807, 2.05) is 57.7 Å². The minimum absolute atomic E-state index is 0.0762. The summed E-state index contributed by atoms with van der Waals surface area (Å²) in [6.45, 7) is 12.1. The van der Waals surface area contributed by atoms with Crippen molar-refractivity contribution in [2.45, 2.75) is 59.6 Å². The molecule has 0 aliphatic carbocycles. The zero-order valence-corrected chi connectivity index (χ0v) is 18.7. The van der Waals surface area contributed by atoms with E-state index >= 15 is 0 Å². The second-order valence-corrected chi connectivity index (χ2v) is 9.07. The maximum absolute atomic E-state index is 13.1. The Hall–Kier alpha value is -2.70. The van der Waals surface area contributed by atoms with Crippen molar-refractivity contribution in [2.24, 2.45) is 5.92 Å². The van der Waals surface area contributed by atoms with Crippen LogP contribution in [0.3, 0.4) is 0 Å². The Morgan fingerprint density at radius 3 is 2.53 bits per heavy atom. The predicted molar refractivity (Wildman–Crippen MR) is 115 cm³/mol. The lowest BCUT2D eigenvalue weighted by Crippen LogP contribution is -2.42. The number of aromatic nitrogens is 1. The summed E-state index contributed by atoms with van der Waals surface area (Å²) in [5, 5.41) is 2.85. The molecule has 1 aliphatic heterocycles.